The van der Waals surface area contributed by atoms with Crippen molar-refractivity contribution in [3.63, 3.8) is 0 Å². The predicted molar refractivity (Wildman–Crippen MR) is 62.7 cm³/mol. The molecule has 0 spiro atoms. The third-order valence-electron chi connectivity index (χ3n) is 2.53. The summed E-state index contributed by atoms with van der Waals surface area (Å²) in [5.41, 5.74) is 0. The van der Waals surface area contributed by atoms with E-state index in [2.05, 4.69) is 10.1 Å². The van der Waals surface area contributed by atoms with E-state index in [-0.39, 0.29) is 18.5 Å². The Hall–Kier alpha value is -1.19. The molecule has 2 unspecified atom stereocenters. The van der Waals surface area contributed by atoms with Crippen LogP contribution in [0.1, 0.15) is 31.7 Å². The van der Waals surface area contributed by atoms with Gasteiger partial charge in [-0.15, -0.1) is 0 Å². The highest BCUT2D eigenvalue weighted by Crippen LogP contribution is 2.21. The number of ether oxygens (including phenoxy) is 1. The van der Waals surface area contributed by atoms with Crippen LogP contribution in [0.3, 0.4) is 0 Å². The zero-order valence-electron chi connectivity index (χ0n) is 11.5. The van der Waals surface area contributed by atoms with Crippen molar-refractivity contribution in [2.24, 2.45) is 0 Å². The number of aliphatic hydroxyl groups is 1. The predicted octanol–water partition coefficient (Wildman–Crippen LogP) is 1.52. The summed E-state index contributed by atoms with van der Waals surface area (Å²) >= 11 is 0. The van der Waals surface area contributed by atoms with Crippen molar-refractivity contribution >= 4 is 0 Å². The maximum Gasteiger partial charge on any atom is 0.415 e. The van der Waals surface area contributed by atoms with Crippen molar-refractivity contribution in [3.05, 3.63) is 11.7 Å². The molecule has 0 bridgehead atoms. The number of rotatable bonds is 7. The van der Waals surface area contributed by atoms with Gasteiger partial charge in [0.1, 0.15) is 6.10 Å². The third kappa shape index (κ3) is 5.06. The van der Waals surface area contributed by atoms with E-state index in [1.165, 1.54) is 11.9 Å². The topological polar surface area (TPSA) is 71.6 Å². The van der Waals surface area contributed by atoms with Crippen LogP contribution < -0.4 is 0 Å². The lowest BCUT2D eigenvalue weighted by molar-refractivity contribution is -0.207. The molecule has 1 aromatic heterocycles. The molecule has 0 saturated heterocycles. The summed E-state index contributed by atoms with van der Waals surface area (Å²) < 4.78 is 46.8. The minimum atomic E-state index is -4.64. The van der Waals surface area contributed by atoms with Crippen molar-refractivity contribution in [1.82, 2.24) is 15.0 Å². The molecule has 9 heteroatoms. The monoisotopic (exact) mass is 297 g/mol. The number of nitrogens with zero attached hydrogens (tertiary/aromatic N) is 3. The average molecular weight is 297 g/mol. The molecule has 0 fully saturated rings. The normalized spacial score (nSPS) is 15.6. The van der Waals surface area contributed by atoms with Crippen LogP contribution in [-0.2, 0) is 11.3 Å². The maximum atomic E-state index is 12.2. The number of halogens is 3. The smallest absolute Gasteiger partial charge is 0.382 e. The number of hydrogen-bond donors (Lipinski definition) is 1. The molecular formula is C11H18F3N3O3. The summed E-state index contributed by atoms with van der Waals surface area (Å²) in [5.74, 6) is 0.509. The molecule has 0 radical (unpaired) electrons. The Morgan fingerprint density at radius 1 is 1.45 bits per heavy atom. The van der Waals surface area contributed by atoms with E-state index in [0.717, 1.165) is 0 Å². The van der Waals surface area contributed by atoms with Gasteiger partial charge < -0.3 is 14.4 Å². The van der Waals surface area contributed by atoms with Crippen molar-refractivity contribution in [2.45, 2.75) is 38.8 Å². The maximum absolute atomic E-state index is 12.2. The zero-order valence-corrected chi connectivity index (χ0v) is 11.5. The fraction of sp³-hybridized carbons (Fsp3) is 0.818. The Balaban J connectivity index is 2.52. The van der Waals surface area contributed by atoms with Crippen molar-refractivity contribution in [2.75, 3.05) is 20.2 Å². The molecule has 0 aromatic carbocycles. The summed E-state index contributed by atoms with van der Waals surface area (Å²) in [6, 6.07) is 0. The Kier molecular flexibility index (Phi) is 5.90. The van der Waals surface area contributed by atoms with E-state index in [1.54, 1.807) is 6.92 Å². The average Bonchev–Trinajstić information content (AvgIpc) is 2.76. The van der Waals surface area contributed by atoms with Gasteiger partial charge in [-0.3, -0.25) is 4.90 Å². The molecule has 0 aliphatic heterocycles. The van der Waals surface area contributed by atoms with Crippen LogP contribution in [-0.4, -0.2) is 52.6 Å². The van der Waals surface area contributed by atoms with Crippen LogP contribution in [0.25, 0.3) is 0 Å². The Morgan fingerprint density at radius 2 is 2.10 bits per heavy atom. The summed E-state index contributed by atoms with van der Waals surface area (Å²) in [4.78, 5) is 5.28. The molecule has 116 valence electrons. The minimum Gasteiger partial charge on any atom is -0.382 e. The van der Waals surface area contributed by atoms with Crippen LogP contribution in [0, 0.1) is 0 Å². The van der Waals surface area contributed by atoms with E-state index in [9.17, 15) is 13.2 Å². The number of alkyl halides is 3. The number of hydrogen-bond acceptors (Lipinski definition) is 6. The van der Waals surface area contributed by atoms with Crippen molar-refractivity contribution in [3.8, 4) is 0 Å². The Morgan fingerprint density at radius 3 is 2.65 bits per heavy atom. The van der Waals surface area contributed by atoms with Crippen LogP contribution in [0.5, 0.6) is 0 Å². The second-order valence-corrected chi connectivity index (χ2v) is 4.40. The minimum absolute atomic E-state index is 0.0129. The van der Waals surface area contributed by atoms with Crippen molar-refractivity contribution in [1.29, 1.82) is 0 Å². The highest BCUT2D eigenvalue weighted by molar-refractivity contribution is 4.90. The zero-order chi connectivity index (χ0) is 15.3. The lowest BCUT2D eigenvalue weighted by Gasteiger charge is -2.20. The lowest BCUT2D eigenvalue weighted by Crippen LogP contribution is -2.39. The summed E-state index contributed by atoms with van der Waals surface area (Å²) in [5, 5.41) is 12.6. The largest absolute Gasteiger partial charge is 0.415 e. The molecule has 2 atom stereocenters. The third-order valence-corrected chi connectivity index (χ3v) is 2.53. The molecule has 1 rings (SSSR count). The molecule has 0 saturated carbocycles. The molecule has 0 aliphatic rings. The standard InChI is InChI=1S/C11H18F3N3O3/c1-4-19-7(2)10-15-9(20-16-10)6-17(3)5-8(18)11(12,13)14/h7-8,18H,4-6H2,1-3H3. The first-order chi connectivity index (χ1) is 9.24. The van der Waals surface area contributed by atoms with Gasteiger partial charge in [0.05, 0.1) is 6.54 Å². The molecular weight excluding hydrogens is 279 g/mol. The number of aromatic nitrogens is 2. The second-order valence-electron chi connectivity index (χ2n) is 4.40. The van der Waals surface area contributed by atoms with Gasteiger partial charge >= 0.3 is 6.18 Å². The number of aliphatic hydroxyl groups excluding tert-OH is 1. The van der Waals surface area contributed by atoms with E-state index in [1.807, 2.05) is 6.92 Å². The second kappa shape index (κ2) is 7.00. The first-order valence-electron chi connectivity index (χ1n) is 6.11. The van der Waals surface area contributed by atoms with Crippen LogP contribution >= 0.6 is 0 Å². The van der Waals surface area contributed by atoms with E-state index < -0.39 is 18.8 Å². The van der Waals surface area contributed by atoms with Gasteiger partial charge in [-0.25, -0.2) is 0 Å². The SMILES string of the molecule is CCOC(C)c1noc(CN(C)CC(O)C(F)(F)F)n1. The van der Waals surface area contributed by atoms with Crippen LogP contribution in [0.2, 0.25) is 0 Å². The van der Waals surface area contributed by atoms with E-state index >= 15 is 0 Å². The van der Waals surface area contributed by atoms with Gasteiger partial charge in [-0.05, 0) is 20.9 Å². The molecule has 1 N–H and O–H groups in total. The number of likely N-dealkylation sites (N-methyl/N-ethyl adjacent to an activating group) is 1. The van der Waals surface area contributed by atoms with Crippen LogP contribution in [0.15, 0.2) is 4.52 Å². The highest BCUT2D eigenvalue weighted by atomic mass is 19.4. The first kappa shape index (κ1) is 16.9. The van der Waals surface area contributed by atoms with E-state index in [0.29, 0.717) is 12.4 Å². The lowest BCUT2D eigenvalue weighted by atomic mass is 10.3. The Labute approximate surface area is 114 Å². The van der Waals surface area contributed by atoms with E-state index in [4.69, 9.17) is 14.4 Å². The van der Waals surface area contributed by atoms with Gasteiger partial charge in [0.2, 0.25) is 5.89 Å². The molecule has 6 nitrogen and oxygen atoms in total. The van der Waals surface area contributed by atoms with Crippen LogP contribution in [0.4, 0.5) is 13.2 Å². The molecule has 0 amide bonds. The quantitative estimate of drug-likeness (QED) is 0.823. The summed E-state index contributed by atoms with van der Waals surface area (Å²) in [6.07, 6.45) is -7.39. The van der Waals surface area contributed by atoms with Gasteiger partial charge in [0.15, 0.2) is 11.9 Å². The van der Waals surface area contributed by atoms with Gasteiger partial charge in [0, 0.05) is 13.2 Å². The molecule has 20 heavy (non-hydrogen) atoms. The fourth-order valence-corrected chi connectivity index (χ4v) is 1.52. The summed E-state index contributed by atoms with van der Waals surface area (Å²) in [7, 11) is 1.42. The van der Waals surface area contributed by atoms with Crippen molar-refractivity contribution < 1.29 is 27.5 Å². The van der Waals surface area contributed by atoms with Gasteiger partial charge in [-0.2, -0.15) is 18.2 Å². The first-order valence-corrected chi connectivity index (χ1v) is 6.11. The molecule has 1 aromatic rings. The van der Waals surface area contributed by atoms with Gasteiger partial charge in [0.25, 0.3) is 0 Å². The van der Waals surface area contributed by atoms with Gasteiger partial charge in [-0.1, -0.05) is 5.16 Å². The highest BCUT2D eigenvalue weighted by Gasteiger charge is 2.38. The fourth-order valence-electron chi connectivity index (χ4n) is 1.52. The Bertz CT molecular complexity index is 411. The molecule has 0 aliphatic carbocycles. The summed E-state index contributed by atoms with van der Waals surface area (Å²) in [6.45, 7) is 3.50. The molecule has 1 heterocycles.